The summed E-state index contributed by atoms with van der Waals surface area (Å²) in [4.78, 5) is 28.7. The zero-order valence-electron chi connectivity index (χ0n) is 14.1. The Hall–Kier alpha value is -2.90. The molecular formula is C18H17F2N3O3. The van der Waals surface area contributed by atoms with Gasteiger partial charge in [0.2, 0.25) is 0 Å². The molecule has 6 nitrogen and oxygen atoms in total. The maximum atomic E-state index is 13.5. The number of carbonyl (C=O) groups is 1. The van der Waals surface area contributed by atoms with Gasteiger partial charge in [-0.25, -0.2) is 8.78 Å². The predicted octanol–water partition coefficient (Wildman–Crippen LogP) is 3.60. The van der Waals surface area contributed by atoms with Crippen LogP contribution < -0.4 is 0 Å². The van der Waals surface area contributed by atoms with Crippen LogP contribution in [-0.2, 0) is 0 Å². The lowest BCUT2D eigenvalue weighted by atomic mass is 9.90. The van der Waals surface area contributed by atoms with E-state index in [9.17, 15) is 23.7 Å². The molecule has 1 aliphatic heterocycles. The summed E-state index contributed by atoms with van der Waals surface area (Å²) in [7, 11) is 0. The number of rotatable bonds is 3. The Kier molecular flexibility index (Phi) is 4.92. The molecule has 1 fully saturated rings. The number of hydrogen-bond donors (Lipinski definition) is 0. The second-order valence-corrected chi connectivity index (χ2v) is 6.35. The van der Waals surface area contributed by atoms with E-state index in [0.29, 0.717) is 30.8 Å². The monoisotopic (exact) mass is 361 g/mol. The van der Waals surface area contributed by atoms with Crippen LogP contribution in [0.15, 0.2) is 30.5 Å². The Morgan fingerprint density at radius 2 is 2.08 bits per heavy atom. The number of benzene rings is 1. The smallest absolute Gasteiger partial charge is 0.288 e. The fourth-order valence-electron chi connectivity index (χ4n) is 3.21. The van der Waals surface area contributed by atoms with Gasteiger partial charge in [-0.05, 0) is 37.5 Å². The van der Waals surface area contributed by atoms with Crippen molar-refractivity contribution in [2.45, 2.75) is 25.7 Å². The van der Waals surface area contributed by atoms with Crippen molar-refractivity contribution in [3.8, 4) is 0 Å². The zero-order valence-corrected chi connectivity index (χ0v) is 14.1. The van der Waals surface area contributed by atoms with Gasteiger partial charge in [0.05, 0.1) is 16.2 Å². The lowest BCUT2D eigenvalue weighted by Crippen LogP contribution is -2.39. The van der Waals surface area contributed by atoms with Crippen LogP contribution in [-0.4, -0.2) is 33.8 Å². The molecule has 0 radical (unpaired) electrons. The summed E-state index contributed by atoms with van der Waals surface area (Å²) in [6.45, 7) is 2.46. The van der Waals surface area contributed by atoms with Crippen molar-refractivity contribution < 1.29 is 18.5 Å². The summed E-state index contributed by atoms with van der Waals surface area (Å²) in [5.41, 5.74) is 0.990. The number of aryl methyl sites for hydroxylation is 1. The SMILES string of the molecule is Cc1ncc([N+](=O)[O-])cc1C(=O)N1CCCC(c2ccc(F)c(F)c2)C1. The van der Waals surface area contributed by atoms with Gasteiger partial charge in [0.15, 0.2) is 11.6 Å². The van der Waals surface area contributed by atoms with E-state index in [1.54, 1.807) is 11.8 Å². The molecule has 2 heterocycles. The predicted molar refractivity (Wildman–Crippen MR) is 89.9 cm³/mol. The molecule has 1 saturated heterocycles. The Labute approximate surface area is 148 Å². The van der Waals surface area contributed by atoms with E-state index < -0.39 is 16.6 Å². The van der Waals surface area contributed by atoms with E-state index in [4.69, 9.17) is 0 Å². The first-order valence-electron chi connectivity index (χ1n) is 8.22. The fraction of sp³-hybridized carbons (Fsp3) is 0.333. The number of nitro groups is 1. The molecule has 136 valence electrons. The first-order valence-corrected chi connectivity index (χ1v) is 8.22. The molecule has 0 spiro atoms. The maximum Gasteiger partial charge on any atom is 0.288 e. The molecule has 1 amide bonds. The van der Waals surface area contributed by atoms with Crippen molar-refractivity contribution in [1.82, 2.24) is 9.88 Å². The zero-order chi connectivity index (χ0) is 18.8. The summed E-state index contributed by atoms with van der Waals surface area (Å²) in [5.74, 6) is -2.28. The number of halogens is 2. The molecule has 1 aromatic heterocycles. The quantitative estimate of drug-likeness (QED) is 0.618. The third-order valence-corrected chi connectivity index (χ3v) is 4.64. The van der Waals surface area contributed by atoms with Gasteiger partial charge in [-0.1, -0.05) is 6.07 Å². The van der Waals surface area contributed by atoms with Crippen LogP contribution in [0, 0.1) is 28.7 Å². The third kappa shape index (κ3) is 3.54. The van der Waals surface area contributed by atoms with Crippen LogP contribution >= 0.6 is 0 Å². The van der Waals surface area contributed by atoms with E-state index in [2.05, 4.69) is 4.98 Å². The average molecular weight is 361 g/mol. The number of nitrogens with zero attached hydrogens (tertiary/aromatic N) is 3. The van der Waals surface area contributed by atoms with E-state index in [1.165, 1.54) is 12.1 Å². The van der Waals surface area contributed by atoms with Gasteiger partial charge in [0.25, 0.3) is 11.6 Å². The number of piperidine rings is 1. The largest absolute Gasteiger partial charge is 0.338 e. The summed E-state index contributed by atoms with van der Waals surface area (Å²) in [5, 5.41) is 10.9. The summed E-state index contributed by atoms with van der Waals surface area (Å²) < 4.78 is 26.6. The molecule has 2 aromatic rings. The molecule has 1 aromatic carbocycles. The standard InChI is InChI=1S/C18H17F2N3O3/c1-11-15(8-14(9-21-11)23(25)26)18(24)22-6-2-3-13(10-22)12-4-5-16(19)17(20)7-12/h4-5,7-9,13H,2-3,6,10H2,1H3. The fourth-order valence-corrected chi connectivity index (χ4v) is 3.21. The molecule has 1 aliphatic rings. The Morgan fingerprint density at radius 1 is 1.31 bits per heavy atom. The van der Waals surface area contributed by atoms with Crippen LogP contribution in [0.3, 0.4) is 0 Å². The second kappa shape index (κ2) is 7.15. The van der Waals surface area contributed by atoms with Crippen molar-refractivity contribution in [3.05, 3.63) is 69.0 Å². The third-order valence-electron chi connectivity index (χ3n) is 4.64. The normalized spacial score (nSPS) is 17.2. The van der Waals surface area contributed by atoms with Crippen molar-refractivity contribution in [1.29, 1.82) is 0 Å². The number of pyridine rings is 1. The highest BCUT2D eigenvalue weighted by molar-refractivity contribution is 5.95. The van der Waals surface area contributed by atoms with Gasteiger partial charge in [-0.2, -0.15) is 0 Å². The highest BCUT2D eigenvalue weighted by atomic mass is 19.2. The van der Waals surface area contributed by atoms with Crippen molar-refractivity contribution in [3.63, 3.8) is 0 Å². The summed E-state index contributed by atoms with van der Waals surface area (Å²) in [6, 6.07) is 5.00. The van der Waals surface area contributed by atoms with Crippen LogP contribution in [0.25, 0.3) is 0 Å². The maximum absolute atomic E-state index is 13.5. The Bertz CT molecular complexity index is 873. The highest BCUT2D eigenvalue weighted by Crippen LogP contribution is 2.29. The van der Waals surface area contributed by atoms with Gasteiger partial charge in [-0.15, -0.1) is 0 Å². The Morgan fingerprint density at radius 3 is 2.77 bits per heavy atom. The van der Waals surface area contributed by atoms with Crippen molar-refractivity contribution >= 4 is 11.6 Å². The van der Waals surface area contributed by atoms with Gasteiger partial charge >= 0.3 is 0 Å². The molecule has 0 N–H and O–H groups in total. The average Bonchev–Trinajstić information content (AvgIpc) is 2.63. The molecule has 26 heavy (non-hydrogen) atoms. The van der Waals surface area contributed by atoms with E-state index in [-0.39, 0.29) is 23.1 Å². The Balaban J connectivity index is 1.83. The topological polar surface area (TPSA) is 76.3 Å². The number of hydrogen-bond acceptors (Lipinski definition) is 4. The van der Waals surface area contributed by atoms with Crippen LogP contribution in [0.2, 0.25) is 0 Å². The number of amides is 1. The van der Waals surface area contributed by atoms with E-state index in [1.807, 2.05) is 0 Å². The van der Waals surface area contributed by atoms with Crippen LogP contribution in [0.5, 0.6) is 0 Å². The number of aromatic nitrogens is 1. The first-order chi connectivity index (χ1) is 12.4. The first kappa shape index (κ1) is 17.9. The summed E-state index contributed by atoms with van der Waals surface area (Å²) >= 11 is 0. The molecule has 1 unspecified atom stereocenters. The molecule has 0 bridgehead atoms. The van der Waals surface area contributed by atoms with E-state index >= 15 is 0 Å². The van der Waals surface area contributed by atoms with Gasteiger partial charge in [-0.3, -0.25) is 19.9 Å². The molecule has 0 aliphatic carbocycles. The molecule has 0 saturated carbocycles. The molecule has 3 rings (SSSR count). The lowest BCUT2D eigenvalue weighted by molar-refractivity contribution is -0.385. The highest BCUT2D eigenvalue weighted by Gasteiger charge is 2.28. The van der Waals surface area contributed by atoms with Crippen molar-refractivity contribution in [2.24, 2.45) is 0 Å². The molecular weight excluding hydrogens is 344 g/mol. The molecule has 8 heteroatoms. The minimum absolute atomic E-state index is 0.116. The summed E-state index contributed by atoms with van der Waals surface area (Å²) in [6.07, 6.45) is 2.57. The van der Waals surface area contributed by atoms with Gasteiger partial charge < -0.3 is 4.90 Å². The lowest BCUT2D eigenvalue weighted by Gasteiger charge is -2.33. The van der Waals surface area contributed by atoms with E-state index in [0.717, 1.165) is 24.8 Å². The van der Waals surface area contributed by atoms with Crippen molar-refractivity contribution in [2.75, 3.05) is 13.1 Å². The van der Waals surface area contributed by atoms with Crippen LogP contribution in [0.1, 0.15) is 40.4 Å². The minimum atomic E-state index is -0.912. The van der Waals surface area contributed by atoms with Crippen LogP contribution in [0.4, 0.5) is 14.5 Å². The van der Waals surface area contributed by atoms with Gasteiger partial charge in [0, 0.05) is 25.1 Å². The minimum Gasteiger partial charge on any atom is -0.338 e. The number of carbonyl (C=O) groups excluding carboxylic acids is 1. The second-order valence-electron chi connectivity index (χ2n) is 6.35. The van der Waals surface area contributed by atoms with Gasteiger partial charge in [0.1, 0.15) is 6.20 Å². The number of likely N-dealkylation sites (tertiary alicyclic amines) is 1. The molecule has 1 atom stereocenters.